The van der Waals surface area contributed by atoms with Crippen LogP contribution in [0.1, 0.15) is 50.8 Å². The molecule has 0 aliphatic carbocycles. The molecule has 3 aromatic rings. The Hall–Kier alpha value is -3.72. The van der Waals surface area contributed by atoms with Crippen molar-refractivity contribution < 1.29 is 22.4 Å². The minimum Gasteiger partial charge on any atom is -0.352 e. The van der Waals surface area contributed by atoms with Crippen LogP contribution in [0.5, 0.6) is 0 Å². The number of carbonyl (C=O) groups excluding carboxylic acids is 2. The summed E-state index contributed by atoms with van der Waals surface area (Å²) in [6.07, 6.45) is 0.861. The van der Waals surface area contributed by atoms with Gasteiger partial charge in [0, 0.05) is 12.6 Å². The molecule has 0 bridgehead atoms. The molecule has 0 saturated heterocycles. The third-order valence-electron chi connectivity index (χ3n) is 6.61. The molecule has 1 atom stereocenters. The minimum absolute atomic E-state index is 0.0109. The Bertz CT molecular complexity index is 1410. The van der Waals surface area contributed by atoms with Crippen LogP contribution in [0.25, 0.3) is 0 Å². The van der Waals surface area contributed by atoms with Crippen molar-refractivity contribution in [1.29, 1.82) is 0 Å². The van der Waals surface area contributed by atoms with Crippen LogP contribution < -0.4 is 9.62 Å². The van der Waals surface area contributed by atoms with Gasteiger partial charge in [-0.2, -0.15) is 0 Å². The summed E-state index contributed by atoms with van der Waals surface area (Å²) in [5.74, 6) is -1.30. The van der Waals surface area contributed by atoms with E-state index in [0.717, 1.165) is 15.4 Å². The van der Waals surface area contributed by atoms with Gasteiger partial charge in [0.1, 0.15) is 18.4 Å². The molecule has 9 heteroatoms. The number of anilines is 1. The Labute approximate surface area is 237 Å². The second kappa shape index (κ2) is 13.6. The third-order valence-corrected chi connectivity index (χ3v) is 8.39. The van der Waals surface area contributed by atoms with Gasteiger partial charge in [0.2, 0.25) is 11.8 Å². The van der Waals surface area contributed by atoms with Crippen molar-refractivity contribution in [3.8, 4) is 0 Å². The summed E-state index contributed by atoms with van der Waals surface area (Å²) in [5, 5.41) is 2.86. The van der Waals surface area contributed by atoms with Crippen LogP contribution in [0.3, 0.4) is 0 Å². The number of para-hydroxylation sites is 1. The maximum atomic E-state index is 14.1. The lowest BCUT2D eigenvalue weighted by Crippen LogP contribution is -2.53. The first kappa shape index (κ1) is 30.8. The van der Waals surface area contributed by atoms with Gasteiger partial charge in [-0.3, -0.25) is 13.9 Å². The first-order valence-electron chi connectivity index (χ1n) is 13.5. The molecule has 0 radical (unpaired) electrons. The average Bonchev–Trinajstić information content (AvgIpc) is 2.92. The van der Waals surface area contributed by atoms with Gasteiger partial charge in [0.25, 0.3) is 10.0 Å². The Balaban J connectivity index is 2.09. The number of rotatable bonds is 12. The van der Waals surface area contributed by atoms with E-state index in [-0.39, 0.29) is 23.4 Å². The monoisotopic (exact) mass is 567 g/mol. The first-order chi connectivity index (χ1) is 19.0. The summed E-state index contributed by atoms with van der Waals surface area (Å²) in [4.78, 5) is 28.7. The second-order valence-corrected chi connectivity index (χ2v) is 11.9. The van der Waals surface area contributed by atoms with E-state index >= 15 is 0 Å². The molecule has 0 fully saturated rings. The lowest BCUT2D eigenvalue weighted by molar-refractivity contribution is -0.140. The van der Waals surface area contributed by atoms with Gasteiger partial charge in [0.15, 0.2) is 0 Å². The van der Waals surface area contributed by atoms with Crippen molar-refractivity contribution in [3.05, 3.63) is 95.3 Å². The Morgan fingerprint density at radius 2 is 1.55 bits per heavy atom. The average molecular weight is 568 g/mol. The highest BCUT2D eigenvalue weighted by Crippen LogP contribution is 2.28. The lowest BCUT2D eigenvalue weighted by atomic mass is 10.1. The van der Waals surface area contributed by atoms with Crippen LogP contribution in [0.4, 0.5) is 10.1 Å². The number of amides is 2. The zero-order chi connectivity index (χ0) is 29.4. The van der Waals surface area contributed by atoms with E-state index in [1.165, 1.54) is 29.2 Å². The van der Waals surface area contributed by atoms with Crippen molar-refractivity contribution >= 4 is 27.5 Å². The van der Waals surface area contributed by atoms with Crippen LogP contribution in [0, 0.1) is 12.7 Å². The van der Waals surface area contributed by atoms with Crippen LogP contribution in [-0.2, 0) is 32.6 Å². The molecule has 0 unspecified atom stereocenters. The number of benzene rings is 3. The van der Waals surface area contributed by atoms with Crippen molar-refractivity contribution in [2.24, 2.45) is 0 Å². The highest BCUT2D eigenvalue weighted by atomic mass is 32.2. The van der Waals surface area contributed by atoms with E-state index in [2.05, 4.69) is 5.32 Å². The zero-order valence-corrected chi connectivity index (χ0v) is 24.5. The first-order valence-corrected chi connectivity index (χ1v) is 14.9. The van der Waals surface area contributed by atoms with E-state index in [4.69, 9.17) is 0 Å². The SMILES string of the molecule is CCc1ccccc1N(CC(=O)N(Cc1ccc(F)cc1)[C@H](CC)C(=O)NC(C)C)S(=O)(=O)c1ccc(C)cc1. The number of carbonyl (C=O) groups is 2. The van der Waals surface area contributed by atoms with Crippen molar-refractivity contribution in [2.45, 2.75) is 71.0 Å². The van der Waals surface area contributed by atoms with E-state index in [9.17, 15) is 22.4 Å². The van der Waals surface area contributed by atoms with Crippen LogP contribution in [0.2, 0.25) is 0 Å². The lowest BCUT2D eigenvalue weighted by Gasteiger charge is -2.34. The number of sulfonamides is 1. The summed E-state index contributed by atoms with van der Waals surface area (Å²) >= 11 is 0. The molecule has 3 rings (SSSR count). The number of halogens is 1. The fourth-order valence-corrected chi connectivity index (χ4v) is 5.94. The Morgan fingerprint density at radius 1 is 0.925 bits per heavy atom. The van der Waals surface area contributed by atoms with Gasteiger partial charge in [-0.1, -0.05) is 61.9 Å². The number of nitrogens with zero attached hydrogens (tertiary/aromatic N) is 2. The third kappa shape index (κ3) is 7.47. The number of hydrogen-bond acceptors (Lipinski definition) is 4. The molecule has 214 valence electrons. The molecule has 0 aliphatic heterocycles. The van der Waals surface area contributed by atoms with Crippen molar-refractivity contribution in [3.63, 3.8) is 0 Å². The standard InChI is InChI=1S/C31H38FN3O4S/c1-6-25-10-8-9-11-29(25)35(40(38,39)27-18-12-23(5)13-19-27)21-30(36)34(20-24-14-16-26(32)17-15-24)28(7-2)31(37)33-22(3)4/h8-19,22,28H,6-7,20-21H2,1-5H3,(H,33,37)/t28-/m1/s1. The topological polar surface area (TPSA) is 86.8 Å². The van der Waals surface area contributed by atoms with Gasteiger partial charge in [-0.05, 0) is 75.1 Å². The summed E-state index contributed by atoms with van der Waals surface area (Å²) in [5.41, 5.74) is 2.69. The molecule has 1 N–H and O–H groups in total. The molecule has 0 spiro atoms. The van der Waals surface area contributed by atoms with E-state index in [0.29, 0.717) is 24.1 Å². The van der Waals surface area contributed by atoms with E-state index < -0.39 is 34.3 Å². The van der Waals surface area contributed by atoms with Gasteiger partial charge >= 0.3 is 0 Å². The van der Waals surface area contributed by atoms with E-state index in [1.807, 2.05) is 39.8 Å². The van der Waals surface area contributed by atoms with Gasteiger partial charge in [0.05, 0.1) is 10.6 Å². The van der Waals surface area contributed by atoms with E-state index in [1.54, 1.807) is 43.3 Å². The molecule has 0 saturated carbocycles. The Morgan fingerprint density at radius 3 is 2.12 bits per heavy atom. The molecule has 0 aliphatic rings. The predicted octanol–water partition coefficient (Wildman–Crippen LogP) is 5.22. The molecular formula is C31H38FN3O4S. The zero-order valence-electron chi connectivity index (χ0n) is 23.7. The number of aryl methyl sites for hydroxylation is 2. The molecule has 0 aromatic heterocycles. The smallest absolute Gasteiger partial charge is 0.264 e. The minimum atomic E-state index is -4.15. The normalized spacial score (nSPS) is 12.2. The quantitative estimate of drug-likeness (QED) is 0.325. The van der Waals surface area contributed by atoms with Crippen LogP contribution >= 0.6 is 0 Å². The van der Waals surface area contributed by atoms with Gasteiger partial charge in [-0.15, -0.1) is 0 Å². The summed E-state index contributed by atoms with van der Waals surface area (Å²) in [7, 11) is -4.15. The van der Waals surface area contributed by atoms with Crippen LogP contribution in [-0.4, -0.2) is 43.8 Å². The summed E-state index contributed by atoms with van der Waals surface area (Å²) in [6, 6.07) is 18.2. The van der Waals surface area contributed by atoms with Crippen molar-refractivity contribution in [2.75, 3.05) is 10.8 Å². The predicted molar refractivity (Wildman–Crippen MR) is 156 cm³/mol. The molecular weight excluding hydrogens is 529 g/mol. The van der Waals surface area contributed by atoms with Crippen LogP contribution in [0.15, 0.2) is 77.7 Å². The molecule has 7 nitrogen and oxygen atoms in total. The highest BCUT2D eigenvalue weighted by molar-refractivity contribution is 7.92. The largest absolute Gasteiger partial charge is 0.352 e. The maximum absolute atomic E-state index is 14.1. The maximum Gasteiger partial charge on any atom is 0.264 e. The Kier molecular flexibility index (Phi) is 10.5. The molecule has 0 heterocycles. The van der Waals surface area contributed by atoms with Gasteiger partial charge < -0.3 is 10.2 Å². The fourth-order valence-electron chi connectivity index (χ4n) is 4.49. The fraction of sp³-hybridized carbons (Fsp3) is 0.355. The number of hydrogen-bond donors (Lipinski definition) is 1. The van der Waals surface area contributed by atoms with Crippen molar-refractivity contribution in [1.82, 2.24) is 10.2 Å². The summed E-state index contributed by atoms with van der Waals surface area (Å²) in [6.45, 7) is 8.73. The molecule has 2 amide bonds. The molecule has 3 aromatic carbocycles. The second-order valence-electron chi connectivity index (χ2n) is 10.0. The molecule has 40 heavy (non-hydrogen) atoms. The summed E-state index contributed by atoms with van der Waals surface area (Å²) < 4.78 is 42.8. The number of nitrogens with one attached hydrogen (secondary N) is 1. The van der Waals surface area contributed by atoms with Gasteiger partial charge in [-0.25, -0.2) is 12.8 Å². The highest BCUT2D eigenvalue weighted by Gasteiger charge is 2.34.